The summed E-state index contributed by atoms with van der Waals surface area (Å²) in [5.74, 6) is 0.625. The number of nitrogens with two attached hydrogens (primary N) is 1. The second-order valence-electron chi connectivity index (χ2n) is 5.71. The standard InChI is InChI=1S/C16H25BrN2O/c1-11(2)8-14(10-18)19-16(20)7-5-13-4-6-15(17)12(3)9-13/h4,6,9,11,14H,5,7-8,10,18H2,1-3H3,(H,19,20). The van der Waals surface area contributed by atoms with Gasteiger partial charge in [-0.05, 0) is 42.9 Å². The summed E-state index contributed by atoms with van der Waals surface area (Å²) in [6.45, 7) is 6.83. The number of benzene rings is 1. The molecule has 0 fully saturated rings. The van der Waals surface area contributed by atoms with Crippen LogP contribution in [0.25, 0.3) is 0 Å². The third kappa shape index (κ3) is 6.06. The fourth-order valence-corrected chi connectivity index (χ4v) is 2.45. The molecule has 1 atom stereocenters. The van der Waals surface area contributed by atoms with Crippen molar-refractivity contribution in [3.05, 3.63) is 33.8 Å². The molecule has 0 saturated heterocycles. The normalized spacial score (nSPS) is 12.5. The number of nitrogens with one attached hydrogen (secondary N) is 1. The fraction of sp³-hybridized carbons (Fsp3) is 0.562. The summed E-state index contributed by atoms with van der Waals surface area (Å²) in [5.41, 5.74) is 8.08. The van der Waals surface area contributed by atoms with E-state index < -0.39 is 0 Å². The van der Waals surface area contributed by atoms with Gasteiger partial charge in [0.25, 0.3) is 0 Å². The maximum Gasteiger partial charge on any atom is 0.220 e. The van der Waals surface area contributed by atoms with Crippen LogP contribution in [0.2, 0.25) is 0 Å². The Bertz CT molecular complexity index is 446. The van der Waals surface area contributed by atoms with Crippen molar-refractivity contribution in [1.82, 2.24) is 5.32 Å². The number of hydrogen-bond donors (Lipinski definition) is 2. The van der Waals surface area contributed by atoms with Crippen molar-refractivity contribution >= 4 is 21.8 Å². The lowest BCUT2D eigenvalue weighted by Crippen LogP contribution is -2.41. The van der Waals surface area contributed by atoms with Crippen molar-refractivity contribution in [2.45, 2.75) is 46.1 Å². The Morgan fingerprint density at radius 1 is 1.40 bits per heavy atom. The van der Waals surface area contributed by atoms with E-state index in [4.69, 9.17) is 5.73 Å². The first-order chi connectivity index (χ1) is 9.42. The number of hydrogen-bond acceptors (Lipinski definition) is 2. The van der Waals surface area contributed by atoms with Crippen LogP contribution in [0.5, 0.6) is 0 Å². The first kappa shape index (κ1) is 17.2. The Labute approximate surface area is 130 Å². The number of carbonyl (C=O) groups is 1. The molecule has 20 heavy (non-hydrogen) atoms. The quantitative estimate of drug-likeness (QED) is 0.800. The zero-order chi connectivity index (χ0) is 15.1. The molecular formula is C16H25BrN2O. The molecule has 0 aliphatic heterocycles. The van der Waals surface area contributed by atoms with Gasteiger partial charge in [-0.2, -0.15) is 0 Å². The molecule has 0 aliphatic rings. The lowest BCUT2D eigenvalue weighted by atomic mass is 10.0. The van der Waals surface area contributed by atoms with Crippen LogP contribution in [0.1, 0.15) is 37.8 Å². The van der Waals surface area contributed by atoms with Crippen molar-refractivity contribution < 1.29 is 4.79 Å². The van der Waals surface area contributed by atoms with E-state index in [1.807, 2.05) is 6.07 Å². The molecular weight excluding hydrogens is 316 g/mol. The largest absolute Gasteiger partial charge is 0.352 e. The minimum absolute atomic E-state index is 0.0849. The Morgan fingerprint density at radius 3 is 2.65 bits per heavy atom. The van der Waals surface area contributed by atoms with Crippen LogP contribution in [0.3, 0.4) is 0 Å². The Kier molecular flexibility index (Phi) is 7.24. The van der Waals surface area contributed by atoms with Gasteiger partial charge >= 0.3 is 0 Å². The van der Waals surface area contributed by atoms with Gasteiger partial charge in [0.1, 0.15) is 0 Å². The van der Waals surface area contributed by atoms with E-state index in [2.05, 4.69) is 54.2 Å². The number of aryl methyl sites for hydroxylation is 2. The van der Waals surface area contributed by atoms with Gasteiger partial charge in [-0.25, -0.2) is 0 Å². The van der Waals surface area contributed by atoms with Crippen LogP contribution in [-0.4, -0.2) is 18.5 Å². The summed E-state index contributed by atoms with van der Waals surface area (Å²) in [6.07, 6.45) is 2.20. The molecule has 0 aromatic heterocycles. The van der Waals surface area contributed by atoms with Crippen LogP contribution < -0.4 is 11.1 Å². The third-order valence-electron chi connectivity index (χ3n) is 3.27. The van der Waals surface area contributed by atoms with E-state index in [-0.39, 0.29) is 11.9 Å². The molecule has 1 amide bonds. The number of amides is 1. The highest BCUT2D eigenvalue weighted by atomic mass is 79.9. The zero-order valence-electron chi connectivity index (χ0n) is 12.6. The highest BCUT2D eigenvalue weighted by molar-refractivity contribution is 9.10. The van der Waals surface area contributed by atoms with Crippen molar-refractivity contribution in [2.75, 3.05) is 6.54 Å². The smallest absolute Gasteiger partial charge is 0.220 e. The van der Waals surface area contributed by atoms with Gasteiger partial charge in [0.2, 0.25) is 5.91 Å². The van der Waals surface area contributed by atoms with Crippen LogP contribution in [0, 0.1) is 12.8 Å². The highest BCUT2D eigenvalue weighted by Crippen LogP contribution is 2.17. The van der Waals surface area contributed by atoms with Gasteiger partial charge in [-0.3, -0.25) is 4.79 Å². The first-order valence-corrected chi connectivity index (χ1v) is 7.96. The Hall–Kier alpha value is -0.870. The predicted octanol–water partition coefficient (Wildman–Crippen LogP) is 3.18. The number of halogens is 1. The molecule has 112 valence electrons. The lowest BCUT2D eigenvalue weighted by Gasteiger charge is -2.18. The molecule has 3 nitrogen and oxygen atoms in total. The van der Waals surface area contributed by atoms with Crippen LogP contribution in [0.15, 0.2) is 22.7 Å². The summed E-state index contributed by atoms with van der Waals surface area (Å²) in [4.78, 5) is 11.9. The lowest BCUT2D eigenvalue weighted by molar-refractivity contribution is -0.121. The summed E-state index contributed by atoms with van der Waals surface area (Å²) < 4.78 is 1.10. The SMILES string of the molecule is Cc1cc(CCC(=O)NC(CN)CC(C)C)ccc1Br. The van der Waals surface area contributed by atoms with Crippen molar-refractivity contribution in [3.8, 4) is 0 Å². The molecule has 0 heterocycles. The maximum absolute atomic E-state index is 11.9. The summed E-state index contributed by atoms with van der Waals surface area (Å²) in [6, 6.07) is 6.29. The maximum atomic E-state index is 11.9. The molecule has 1 unspecified atom stereocenters. The molecule has 4 heteroatoms. The predicted molar refractivity (Wildman–Crippen MR) is 87.6 cm³/mol. The second-order valence-corrected chi connectivity index (χ2v) is 6.57. The minimum atomic E-state index is 0.0849. The van der Waals surface area contributed by atoms with Crippen LogP contribution in [0.4, 0.5) is 0 Å². The molecule has 0 aliphatic carbocycles. The fourth-order valence-electron chi connectivity index (χ4n) is 2.20. The molecule has 1 aromatic carbocycles. The van der Waals surface area contributed by atoms with E-state index in [0.717, 1.165) is 17.3 Å². The summed E-state index contributed by atoms with van der Waals surface area (Å²) >= 11 is 3.48. The van der Waals surface area contributed by atoms with Gasteiger partial charge < -0.3 is 11.1 Å². The van der Waals surface area contributed by atoms with Gasteiger partial charge in [0.15, 0.2) is 0 Å². The second kappa shape index (κ2) is 8.42. The average molecular weight is 341 g/mol. The molecule has 1 rings (SSSR count). The molecule has 0 spiro atoms. The van der Waals surface area contributed by atoms with Crippen LogP contribution in [-0.2, 0) is 11.2 Å². The van der Waals surface area contributed by atoms with Gasteiger partial charge in [0, 0.05) is 23.5 Å². The van der Waals surface area contributed by atoms with E-state index in [1.165, 1.54) is 11.1 Å². The minimum Gasteiger partial charge on any atom is -0.352 e. The van der Waals surface area contributed by atoms with Crippen molar-refractivity contribution in [3.63, 3.8) is 0 Å². The van der Waals surface area contributed by atoms with Gasteiger partial charge in [0.05, 0.1) is 0 Å². The first-order valence-electron chi connectivity index (χ1n) is 7.16. The van der Waals surface area contributed by atoms with Gasteiger partial charge in [-0.15, -0.1) is 0 Å². The monoisotopic (exact) mass is 340 g/mol. The average Bonchev–Trinajstić information content (AvgIpc) is 2.39. The molecule has 0 bridgehead atoms. The van der Waals surface area contributed by atoms with E-state index in [9.17, 15) is 4.79 Å². The van der Waals surface area contributed by atoms with E-state index in [1.54, 1.807) is 0 Å². The van der Waals surface area contributed by atoms with Gasteiger partial charge in [-0.1, -0.05) is 41.9 Å². The summed E-state index contributed by atoms with van der Waals surface area (Å²) in [7, 11) is 0. The van der Waals surface area contributed by atoms with Crippen LogP contribution >= 0.6 is 15.9 Å². The Balaban J connectivity index is 2.44. The topological polar surface area (TPSA) is 55.1 Å². The van der Waals surface area contributed by atoms with Crippen molar-refractivity contribution in [1.29, 1.82) is 0 Å². The third-order valence-corrected chi connectivity index (χ3v) is 4.16. The Morgan fingerprint density at radius 2 is 2.10 bits per heavy atom. The number of rotatable bonds is 7. The summed E-state index contributed by atoms with van der Waals surface area (Å²) in [5, 5.41) is 3.02. The van der Waals surface area contributed by atoms with E-state index in [0.29, 0.717) is 18.9 Å². The van der Waals surface area contributed by atoms with E-state index >= 15 is 0 Å². The molecule has 0 saturated carbocycles. The highest BCUT2D eigenvalue weighted by Gasteiger charge is 2.12. The number of carbonyl (C=O) groups excluding carboxylic acids is 1. The van der Waals surface area contributed by atoms with Crippen molar-refractivity contribution in [2.24, 2.45) is 11.7 Å². The molecule has 0 radical (unpaired) electrons. The molecule has 1 aromatic rings. The zero-order valence-corrected chi connectivity index (χ0v) is 14.2. The molecule has 3 N–H and O–H groups in total.